The van der Waals surface area contributed by atoms with Crippen LogP contribution in [0.2, 0.25) is 0 Å². The molecule has 4 atom stereocenters. The minimum absolute atomic E-state index is 0.0714. The van der Waals surface area contributed by atoms with Gasteiger partial charge in [-0.2, -0.15) is 0 Å². The van der Waals surface area contributed by atoms with Crippen LogP contribution in [-0.2, 0) is 23.4 Å². The Balaban J connectivity index is 1.57. The van der Waals surface area contributed by atoms with E-state index in [1.54, 1.807) is 6.33 Å². The van der Waals surface area contributed by atoms with Crippen LogP contribution in [0.15, 0.2) is 12.7 Å². The number of ether oxygens (including phenoxy) is 2. The second kappa shape index (κ2) is 7.87. The molecule has 0 radical (unpaired) electrons. The number of esters is 1. The molecule has 1 fully saturated rings. The molecule has 0 spiro atoms. The maximum atomic E-state index is 12.0. The Morgan fingerprint density at radius 3 is 3.07 bits per heavy atom. The number of aromatic nitrogens is 4. The molecule has 13 heteroatoms. The van der Waals surface area contributed by atoms with E-state index in [9.17, 15) is 14.3 Å². The van der Waals surface area contributed by atoms with Crippen molar-refractivity contribution in [3.63, 3.8) is 0 Å². The van der Waals surface area contributed by atoms with Crippen LogP contribution < -0.4 is 10.8 Å². The lowest BCUT2D eigenvalue weighted by Gasteiger charge is -2.18. The molecule has 27 heavy (non-hydrogen) atoms. The predicted molar refractivity (Wildman–Crippen MR) is 93.5 cm³/mol. The van der Waals surface area contributed by atoms with Crippen molar-refractivity contribution in [1.29, 1.82) is 0 Å². The fourth-order valence-corrected chi connectivity index (χ4v) is 3.87. The summed E-state index contributed by atoms with van der Waals surface area (Å²) in [5.74, 6) is -0.372. The predicted octanol–water partition coefficient (Wildman–Crippen LogP) is 0.00660. The summed E-state index contributed by atoms with van der Waals surface area (Å²) < 4.78 is 29.1. The van der Waals surface area contributed by atoms with Gasteiger partial charge in [-0.3, -0.25) is 9.32 Å². The van der Waals surface area contributed by atoms with Crippen LogP contribution in [0.3, 0.4) is 0 Å². The number of methoxy groups -OCH3 is 1. The van der Waals surface area contributed by atoms with Crippen molar-refractivity contribution in [3.8, 4) is 0 Å². The minimum atomic E-state index is -4.18. The van der Waals surface area contributed by atoms with E-state index >= 15 is 0 Å². The van der Waals surface area contributed by atoms with Crippen molar-refractivity contribution in [3.05, 3.63) is 12.7 Å². The van der Waals surface area contributed by atoms with Crippen LogP contribution in [0.5, 0.6) is 0 Å². The molecule has 1 aliphatic rings. The monoisotopic (exact) mass is 400 g/mol. The lowest BCUT2D eigenvalue weighted by molar-refractivity contribution is -0.142. The second-order valence-electron chi connectivity index (χ2n) is 6.12. The van der Waals surface area contributed by atoms with Gasteiger partial charge in [0.25, 0.3) is 0 Å². The summed E-state index contributed by atoms with van der Waals surface area (Å²) in [6.07, 6.45) is 3.11. The van der Waals surface area contributed by atoms with Crippen molar-refractivity contribution >= 4 is 30.7 Å². The van der Waals surface area contributed by atoms with Gasteiger partial charge in [-0.15, -0.1) is 0 Å². The first-order valence-corrected chi connectivity index (χ1v) is 9.76. The summed E-state index contributed by atoms with van der Waals surface area (Å²) in [6.45, 7) is 1.65. The van der Waals surface area contributed by atoms with Crippen LogP contribution in [0, 0.1) is 0 Å². The largest absolute Gasteiger partial charge is 0.468 e. The molecule has 148 valence electrons. The Morgan fingerprint density at radius 1 is 1.56 bits per heavy atom. The number of imidazole rings is 1. The fraction of sp³-hybridized carbons (Fsp3) is 0.571. The molecule has 1 aliphatic heterocycles. The van der Waals surface area contributed by atoms with Gasteiger partial charge in [-0.05, 0) is 13.3 Å². The zero-order valence-corrected chi connectivity index (χ0v) is 15.7. The molecule has 3 rings (SSSR count). The number of carbonyl (C=O) groups excluding carboxylic acids is 1. The number of hydrogen-bond donors (Lipinski definition) is 3. The number of nitrogens with one attached hydrogen (secondary N) is 1. The Morgan fingerprint density at radius 2 is 2.33 bits per heavy atom. The molecule has 0 amide bonds. The number of fused-ring (bicyclic) bond motifs is 1. The summed E-state index contributed by atoms with van der Waals surface area (Å²) in [7, 11) is -2.99. The van der Waals surface area contributed by atoms with Crippen LogP contribution in [0.1, 0.15) is 19.4 Å². The van der Waals surface area contributed by atoms with Gasteiger partial charge >= 0.3 is 13.7 Å². The zero-order valence-electron chi connectivity index (χ0n) is 14.8. The third kappa shape index (κ3) is 4.42. The number of nitrogen functional groups attached to an aromatic ring is 1. The standard InChI is InChI=1S/C14H21N6O6P/c1-8(14(21)24-2)19-27(22,23)26-5-10-3-9(4-25-10)20-7-18-11-12(15)16-6-17-13(11)20/h6-10H,3-5H2,1-2H3,(H2,15,16,17)(H2,19,22,23)/t8?,9-,10-/m1/s1. The minimum Gasteiger partial charge on any atom is -0.468 e. The van der Waals surface area contributed by atoms with E-state index in [1.807, 2.05) is 4.57 Å². The first-order valence-electron chi connectivity index (χ1n) is 8.18. The molecular weight excluding hydrogens is 379 g/mol. The molecule has 2 unspecified atom stereocenters. The van der Waals surface area contributed by atoms with Gasteiger partial charge in [0.1, 0.15) is 17.9 Å². The van der Waals surface area contributed by atoms with E-state index in [2.05, 4.69) is 24.8 Å². The van der Waals surface area contributed by atoms with Crippen molar-refractivity contribution in [2.45, 2.75) is 31.5 Å². The SMILES string of the molecule is COC(=O)C(C)NP(=O)(O)OC[C@H]1C[C@@H](n2cnc3c(N)ncnc32)CO1. The maximum absolute atomic E-state index is 12.0. The van der Waals surface area contributed by atoms with Gasteiger partial charge in [0.15, 0.2) is 11.5 Å². The molecule has 3 heterocycles. The molecule has 1 saturated heterocycles. The topological polar surface area (TPSA) is 164 Å². The maximum Gasteiger partial charge on any atom is 0.403 e. The average Bonchev–Trinajstić information content (AvgIpc) is 3.26. The van der Waals surface area contributed by atoms with Gasteiger partial charge in [0, 0.05) is 0 Å². The highest BCUT2D eigenvalue weighted by Crippen LogP contribution is 2.39. The number of nitrogens with two attached hydrogens (primary N) is 1. The quantitative estimate of drug-likeness (QED) is 0.423. The molecule has 4 N–H and O–H groups in total. The van der Waals surface area contributed by atoms with Crippen LogP contribution in [0.25, 0.3) is 11.2 Å². The lowest BCUT2D eigenvalue weighted by atomic mass is 10.2. The molecule has 2 aromatic rings. The molecule has 0 aromatic carbocycles. The van der Waals surface area contributed by atoms with E-state index in [0.29, 0.717) is 30.0 Å². The number of carbonyl (C=O) groups is 1. The van der Waals surface area contributed by atoms with Crippen molar-refractivity contribution in [2.75, 3.05) is 26.1 Å². The van der Waals surface area contributed by atoms with E-state index in [0.717, 1.165) is 0 Å². The van der Waals surface area contributed by atoms with Gasteiger partial charge in [-0.1, -0.05) is 0 Å². The highest BCUT2D eigenvalue weighted by Gasteiger charge is 2.32. The molecule has 12 nitrogen and oxygen atoms in total. The average molecular weight is 400 g/mol. The number of hydrogen-bond acceptors (Lipinski definition) is 9. The van der Waals surface area contributed by atoms with E-state index < -0.39 is 25.9 Å². The number of rotatable bonds is 7. The number of anilines is 1. The Kier molecular flexibility index (Phi) is 5.72. The van der Waals surface area contributed by atoms with Crippen molar-refractivity contribution < 1.29 is 28.3 Å². The molecule has 0 aliphatic carbocycles. The Bertz CT molecular complexity index is 875. The Hall–Kier alpha value is -2.11. The summed E-state index contributed by atoms with van der Waals surface area (Å²) in [4.78, 5) is 33.5. The van der Waals surface area contributed by atoms with Gasteiger partial charge in [-0.25, -0.2) is 24.6 Å². The summed E-state index contributed by atoms with van der Waals surface area (Å²) >= 11 is 0. The first-order chi connectivity index (χ1) is 12.8. The van der Waals surface area contributed by atoms with Gasteiger partial charge in [0.05, 0.1) is 38.8 Å². The van der Waals surface area contributed by atoms with E-state index in [-0.39, 0.29) is 12.6 Å². The van der Waals surface area contributed by atoms with Crippen LogP contribution >= 0.6 is 7.75 Å². The zero-order chi connectivity index (χ0) is 19.6. The fourth-order valence-electron chi connectivity index (χ4n) is 2.83. The second-order valence-corrected chi connectivity index (χ2v) is 7.68. The molecule has 0 bridgehead atoms. The third-order valence-corrected chi connectivity index (χ3v) is 5.40. The van der Waals surface area contributed by atoms with Crippen molar-refractivity contribution in [1.82, 2.24) is 24.6 Å². The van der Waals surface area contributed by atoms with Gasteiger partial charge < -0.3 is 24.7 Å². The van der Waals surface area contributed by atoms with Gasteiger partial charge in [0.2, 0.25) is 0 Å². The summed E-state index contributed by atoms with van der Waals surface area (Å²) in [6, 6.07) is -1.05. The first kappa shape index (κ1) is 19.6. The molecule has 0 saturated carbocycles. The Labute approximate surface area is 154 Å². The molecule has 2 aromatic heterocycles. The van der Waals surface area contributed by atoms with Crippen LogP contribution in [0.4, 0.5) is 5.82 Å². The van der Waals surface area contributed by atoms with Crippen molar-refractivity contribution in [2.24, 2.45) is 0 Å². The number of nitrogens with zero attached hydrogens (tertiary/aromatic N) is 4. The summed E-state index contributed by atoms with van der Waals surface area (Å²) in [5.41, 5.74) is 6.89. The summed E-state index contributed by atoms with van der Waals surface area (Å²) in [5, 5.41) is 2.21. The highest BCUT2D eigenvalue weighted by atomic mass is 31.2. The third-order valence-electron chi connectivity index (χ3n) is 4.19. The smallest absolute Gasteiger partial charge is 0.403 e. The highest BCUT2D eigenvalue weighted by molar-refractivity contribution is 7.50. The molecular formula is C14H21N6O6P. The van der Waals surface area contributed by atoms with E-state index in [1.165, 1.54) is 20.4 Å². The lowest BCUT2D eigenvalue weighted by Crippen LogP contribution is -2.33. The van der Waals surface area contributed by atoms with E-state index in [4.69, 9.17) is 15.0 Å². The van der Waals surface area contributed by atoms with Crippen LogP contribution in [-0.4, -0.2) is 62.9 Å². The normalized spacial score (nSPS) is 23.2.